The van der Waals surface area contributed by atoms with Gasteiger partial charge in [0.1, 0.15) is 6.54 Å². The smallest absolute Gasteiger partial charge is 0.348 e. The van der Waals surface area contributed by atoms with Gasteiger partial charge >= 0.3 is 6.18 Å². The van der Waals surface area contributed by atoms with Crippen LogP contribution >= 0.6 is 11.6 Å². The van der Waals surface area contributed by atoms with E-state index in [-0.39, 0.29) is 11.7 Å². The quantitative estimate of drug-likeness (QED) is 0.611. The van der Waals surface area contributed by atoms with E-state index >= 15 is 0 Å². The van der Waals surface area contributed by atoms with Gasteiger partial charge in [0.25, 0.3) is 0 Å². The molecule has 10 heteroatoms. The highest BCUT2D eigenvalue weighted by Gasteiger charge is 2.34. The minimum atomic E-state index is -4.77. The molecule has 1 amide bonds. The van der Waals surface area contributed by atoms with E-state index < -0.39 is 39.2 Å². The summed E-state index contributed by atoms with van der Waals surface area (Å²) in [6, 6.07) is 8.08. The van der Waals surface area contributed by atoms with E-state index in [4.69, 9.17) is 11.6 Å². The maximum atomic E-state index is 13.2. The van der Waals surface area contributed by atoms with Crippen LogP contribution in [-0.4, -0.2) is 27.1 Å². The number of rotatable bonds is 7. The number of benzene rings is 2. The Morgan fingerprint density at radius 3 is 2.29 bits per heavy atom. The second-order valence-electron chi connectivity index (χ2n) is 7.30. The van der Waals surface area contributed by atoms with E-state index in [2.05, 4.69) is 5.32 Å². The zero-order valence-electron chi connectivity index (χ0n) is 17.5. The summed E-state index contributed by atoms with van der Waals surface area (Å²) in [6.45, 7) is 5.10. The Balaban J connectivity index is 2.31. The molecule has 0 bridgehead atoms. The first-order valence-corrected chi connectivity index (χ1v) is 11.7. The average Bonchev–Trinajstić information content (AvgIpc) is 2.65. The van der Waals surface area contributed by atoms with Gasteiger partial charge in [-0.15, -0.1) is 0 Å². The number of halogens is 4. The molecule has 0 saturated carbocycles. The third-order valence-electron chi connectivity index (χ3n) is 4.91. The Kier molecular flexibility index (Phi) is 7.65. The lowest BCUT2D eigenvalue weighted by Gasteiger charge is -2.25. The number of anilines is 1. The first kappa shape index (κ1) is 25.0. The number of nitrogens with one attached hydrogen (secondary N) is 1. The molecule has 0 aliphatic rings. The van der Waals surface area contributed by atoms with E-state index in [0.29, 0.717) is 16.8 Å². The number of carbonyl (C=O) groups is 1. The molecule has 0 aliphatic heterocycles. The Hall–Kier alpha value is -2.26. The van der Waals surface area contributed by atoms with Crippen LogP contribution in [0.2, 0.25) is 5.02 Å². The summed E-state index contributed by atoms with van der Waals surface area (Å²) in [7, 11) is -4.05. The first-order valence-electron chi connectivity index (χ1n) is 9.45. The van der Waals surface area contributed by atoms with Crippen LogP contribution in [0, 0.1) is 13.8 Å². The van der Waals surface area contributed by atoms with E-state index in [9.17, 15) is 26.4 Å². The summed E-state index contributed by atoms with van der Waals surface area (Å²) in [5.74, 6) is -0.640. The second-order valence-corrected chi connectivity index (χ2v) is 9.62. The van der Waals surface area contributed by atoms with Crippen molar-refractivity contribution >= 4 is 33.2 Å². The van der Waals surface area contributed by atoms with E-state index in [1.54, 1.807) is 0 Å². The van der Waals surface area contributed by atoms with Crippen molar-refractivity contribution < 1.29 is 26.4 Å². The van der Waals surface area contributed by atoms with Gasteiger partial charge in [0.2, 0.25) is 15.9 Å². The molecule has 1 N–H and O–H groups in total. The molecule has 0 spiro atoms. The molecule has 0 aromatic heterocycles. The van der Waals surface area contributed by atoms with Gasteiger partial charge in [0, 0.05) is 0 Å². The molecule has 1 atom stereocenters. The Labute approximate surface area is 185 Å². The fraction of sp³-hybridized carbons (Fsp3) is 0.381. The lowest BCUT2D eigenvalue weighted by atomic mass is 9.99. The Morgan fingerprint density at radius 2 is 1.77 bits per heavy atom. The topological polar surface area (TPSA) is 66.5 Å². The highest BCUT2D eigenvalue weighted by molar-refractivity contribution is 7.92. The molecule has 0 heterocycles. The minimum Gasteiger partial charge on any atom is -0.348 e. The first-order chi connectivity index (χ1) is 14.2. The van der Waals surface area contributed by atoms with Gasteiger partial charge in [-0.3, -0.25) is 9.10 Å². The molecule has 1 unspecified atom stereocenters. The largest absolute Gasteiger partial charge is 0.417 e. The average molecular weight is 477 g/mol. The molecule has 2 aromatic carbocycles. The number of nitrogens with zero attached hydrogens (tertiary/aromatic N) is 1. The van der Waals surface area contributed by atoms with Gasteiger partial charge < -0.3 is 5.32 Å². The molecule has 31 heavy (non-hydrogen) atoms. The molecule has 5 nitrogen and oxygen atoms in total. The van der Waals surface area contributed by atoms with Gasteiger partial charge in [-0.2, -0.15) is 13.2 Å². The Morgan fingerprint density at radius 1 is 1.13 bits per heavy atom. The fourth-order valence-electron chi connectivity index (χ4n) is 3.06. The summed E-state index contributed by atoms with van der Waals surface area (Å²) < 4.78 is 64.7. The second kappa shape index (κ2) is 9.48. The molecule has 2 rings (SSSR count). The molecule has 0 radical (unpaired) electrons. The van der Waals surface area contributed by atoms with Crippen LogP contribution in [0.4, 0.5) is 18.9 Å². The van der Waals surface area contributed by atoms with Crippen LogP contribution in [0.1, 0.15) is 41.6 Å². The monoisotopic (exact) mass is 476 g/mol. The maximum Gasteiger partial charge on any atom is 0.417 e. The SMILES string of the molecule is CCC(NC(=O)CN(c1ccc(Cl)c(C(F)(F)F)c1)S(C)(=O)=O)c1ccc(C)c(C)c1. The molecule has 0 aliphatic carbocycles. The van der Waals surface area contributed by atoms with Gasteiger partial charge in [-0.1, -0.05) is 36.7 Å². The van der Waals surface area contributed by atoms with Crippen LogP contribution in [-0.2, 0) is 21.0 Å². The van der Waals surface area contributed by atoms with Crippen LogP contribution in [0.15, 0.2) is 36.4 Å². The highest BCUT2D eigenvalue weighted by Crippen LogP contribution is 2.37. The van der Waals surface area contributed by atoms with Gasteiger partial charge in [-0.05, 0) is 55.2 Å². The van der Waals surface area contributed by atoms with Crippen LogP contribution in [0.25, 0.3) is 0 Å². The Bertz CT molecular complexity index is 1070. The van der Waals surface area contributed by atoms with Crippen molar-refractivity contribution in [3.63, 3.8) is 0 Å². The number of hydrogen-bond acceptors (Lipinski definition) is 3. The number of sulfonamides is 1. The molecule has 2 aromatic rings. The van der Waals surface area contributed by atoms with Crippen molar-refractivity contribution in [1.82, 2.24) is 5.32 Å². The molecule has 0 fully saturated rings. The van der Waals surface area contributed by atoms with Crippen LogP contribution in [0.3, 0.4) is 0 Å². The maximum absolute atomic E-state index is 13.2. The fourth-order valence-corrected chi connectivity index (χ4v) is 4.13. The predicted octanol–water partition coefficient (Wildman–Crippen LogP) is 5.01. The summed E-state index contributed by atoms with van der Waals surface area (Å²) in [4.78, 5) is 12.7. The lowest BCUT2D eigenvalue weighted by Crippen LogP contribution is -2.41. The van der Waals surface area contributed by atoms with Crippen molar-refractivity contribution in [3.8, 4) is 0 Å². The molecule has 0 saturated heterocycles. The highest BCUT2D eigenvalue weighted by atomic mass is 35.5. The zero-order chi connectivity index (χ0) is 23.6. The molecular weight excluding hydrogens is 453 g/mol. The zero-order valence-corrected chi connectivity index (χ0v) is 19.1. The summed E-state index contributed by atoms with van der Waals surface area (Å²) in [6.07, 6.45) is -3.40. The normalized spacial score (nSPS) is 13.0. The van der Waals surface area contributed by atoms with E-state index in [0.717, 1.165) is 35.1 Å². The number of amides is 1. The van der Waals surface area contributed by atoms with Gasteiger partial charge in [0.05, 0.1) is 28.6 Å². The number of alkyl halides is 3. The molecular formula is C21H24ClF3N2O3S. The van der Waals surface area contributed by atoms with Crippen molar-refractivity contribution in [2.45, 2.75) is 39.4 Å². The van der Waals surface area contributed by atoms with E-state index in [1.807, 2.05) is 39.0 Å². The molecule has 170 valence electrons. The third-order valence-corrected chi connectivity index (χ3v) is 6.38. The van der Waals surface area contributed by atoms with Crippen LogP contribution in [0.5, 0.6) is 0 Å². The van der Waals surface area contributed by atoms with Crippen molar-refractivity contribution in [2.24, 2.45) is 0 Å². The lowest BCUT2D eigenvalue weighted by molar-refractivity contribution is -0.137. The standard InChI is InChI=1S/C21H24ClF3N2O3S/c1-5-19(15-7-6-13(2)14(3)10-15)26-20(28)12-27(31(4,29)30)16-8-9-18(22)17(11-16)21(23,24)25/h6-11,19H,5,12H2,1-4H3,(H,26,28). The summed E-state index contributed by atoms with van der Waals surface area (Å²) >= 11 is 5.62. The van der Waals surface area contributed by atoms with Crippen molar-refractivity contribution in [3.05, 3.63) is 63.7 Å². The number of aryl methyl sites for hydroxylation is 2. The summed E-state index contributed by atoms with van der Waals surface area (Å²) in [5.41, 5.74) is 1.52. The van der Waals surface area contributed by atoms with Crippen molar-refractivity contribution in [1.29, 1.82) is 0 Å². The summed E-state index contributed by atoms with van der Waals surface area (Å²) in [5, 5.41) is 2.20. The van der Waals surface area contributed by atoms with Gasteiger partial charge in [0.15, 0.2) is 0 Å². The third kappa shape index (κ3) is 6.36. The van der Waals surface area contributed by atoms with Crippen molar-refractivity contribution in [2.75, 3.05) is 17.1 Å². The minimum absolute atomic E-state index is 0.298. The van der Waals surface area contributed by atoms with E-state index in [1.165, 1.54) is 0 Å². The van der Waals surface area contributed by atoms with Gasteiger partial charge in [-0.25, -0.2) is 8.42 Å². The predicted molar refractivity (Wildman–Crippen MR) is 116 cm³/mol. The number of hydrogen-bond donors (Lipinski definition) is 1. The number of carbonyl (C=O) groups excluding carboxylic acids is 1. The van der Waals surface area contributed by atoms with Crippen LogP contribution < -0.4 is 9.62 Å².